The van der Waals surface area contributed by atoms with Crippen LogP contribution in [0.3, 0.4) is 0 Å². The fourth-order valence-corrected chi connectivity index (χ4v) is 3.05. The summed E-state index contributed by atoms with van der Waals surface area (Å²) in [5.41, 5.74) is 0.994. The predicted octanol–water partition coefficient (Wildman–Crippen LogP) is 3.47. The number of hydrogen-bond donors (Lipinski definition) is 1. The summed E-state index contributed by atoms with van der Waals surface area (Å²) in [6, 6.07) is 9.60. The maximum atomic E-state index is 11.8. The SMILES string of the molecule is CCCCCCCCS(=O)(=O)NCc1ccccc1. The van der Waals surface area contributed by atoms with E-state index in [2.05, 4.69) is 11.6 Å². The molecule has 0 aromatic heterocycles. The summed E-state index contributed by atoms with van der Waals surface area (Å²) < 4.78 is 26.2. The van der Waals surface area contributed by atoms with Gasteiger partial charge in [0.15, 0.2) is 0 Å². The maximum absolute atomic E-state index is 11.8. The number of unbranched alkanes of at least 4 members (excludes halogenated alkanes) is 5. The van der Waals surface area contributed by atoms with Gasteiger partial charge < -0.3 is 0 Å². The van der Waals surface area contributed by atoms with E-state index in [-0.39, 0.29) is 5.75 Å². The van der Waals surface area contributed by atoms with Crippen molar-refractivity contribution in [2.24, 2.45) is 0 Å². The normalized spacial score (nSPS) is 11.6. The van der Waals surface area contributed by atoms with Crippen LogP contribution in [0.25, 0.3) is 0 Å². The Labute approximate surface area is 117 Å². The Hall–Kier alpha value is -0.870. The van der Waals surface area contributed by atoms with E-state index in [1.54, 1.807) is 0 Å². The molecule has 0 spiro atoms. The molecule has 0 amide bonds. The van der Waals surface area contributed by atoms with Crippen LogP contribution in [0.2, 0.25) is 0 Å². The standard InChI is InChI=1S/C15H25NO2S/c1-2-3-4-5-6-10-13-19(17,18)16-14-15-11-8-7-9-12-15/h7-9,11-12,16H,2-6,10,13-14H2,1H3. The molecule has 19 heavy (non-hydrogen) atoms. The van der Waals surface area contributed by atoms with Crippen molar-refractivity contribution in [3.8, 4) is 0 Å². The molecule has 0 aliphatic carbocycles. The van der Waals surface area contributed by atoms with Gasteiger partial charge in [0, 0.05) is 6.54 Å². The summed E-state index contributed by atoms with van der Waals surface area (Å²) in [5.74, 6) is 0.242. The molecule has 108 valence electrons. The van der Waals surface area contributed by atoms with Crippen molar-refractivity contribution in [1.82, 2.24) is 4.72 Å². The molecular formula is C15H25NO2S. The Morgan fingerprint density at radius 2 is 1.58 bits per heavy atom. The van der Waals surface area contributed by atoms with Gasteiger partial charge in [0.2, 0.25) is 10.0 Å². The number of rotatable bonds is 10. The van der Waals surface area contributed by atoms with Gasteiger partial charge in [-0.15, -0.1) is 0 Å². The molecule has 3 nitrogen and oxygen atoms in total. The predicted molar refractivity (Wildman–Crippen MR) is 80.4 cm³/mol. The highest BCUT2D eigenvalue weighted by Gasteiger charge is 2.08. The van der Waals surface area contributed by atoms with Gasteiger partial charge in [-0.05, 0) is 12.0 Å². The molecule has 0 aliphatic heterocycles. The van der Waals surface area contributed by atoms with Crippen LogP contribution in [-0.4, -0.2) is 14.2 Å². The molecule has 1 rings (SSSR count). The summed E-state index contributed by atoms with van der Waals surface area (Å²) in [6.07, 6.45) is 6.59. The molecule has 0 fully saturated rings. The van der Waals surface area contributed by atoms with E-state index in [1.165, 1.54) is 19.3 Å². The molecular weight excluding hydrogens is 258 g/mol. The van der Waals surface area contributed by atoms with Crippen molar-refractivity contribution >= 4 is 10.0 Å². The third-order valence-electron chi connectivity index (χ3n) is 3.11. The lowest BCUT2D eigenvalue weighted by Crippen LogP contribution is -2.25. The van der Waals surface area contributed by atoms with E-state index >= 15 is 0 Å². The van der Waals surface area contributed by atoms with Gasteiger partial charge in [-0.25, -0.2) is 13.1 Å². The molecule has 1 aromatic carbocycles. The fraction of sp³-hybridized carbons (Fsp3) is 0.600. The highest BCUT2D eigenvalue weighted by atomic mass is 32.2. The van der Waals surface area contributed by atoms with E-state index in [4.69, 9.17) is 0 Å². The number of nitrogens with one attached hydrogen (secondary N) is 1. The maximum Gasteiger partial charge on any atom is 0.211 e. The second-order valence-electron chi connectivity index (χ2n) is 4.89. The Kier molecular flexibility index (Phi) is 7.75. The zero-order valence-electron chi connectivity index (χ0n) is 11.8. The van der Waals surface area contributed by atoms with Gasteiger partial charge in [-0.3, -0.25) is 0 Å². The minimum atomic E-state index is -3.12. The van der Waals surface area contributed by atoms with E-state index in [0.29, 0.717) is 6.54 Å². The van der Waals surface area contributed by atoms with Crippen LogP contribution in [0.1, 0.15) is 51.0 Å². The smallest absolute Gasteiger partial charge is 0.211 e. The van der Waals surface area contributed by atoms with E-state index < -0.39 is 10.0 Å². The van der Waals surface area contributed by atoms with Gasteiger partial charge in [0.25, 0.3) is 0 Å². The third-order valence-corrected chi connectivity index (χ3v) is 4.52. The monoisotopic (exact) mass is 283 g/mol. The van der Waals surface area contributed by atoms with Crippen LogP contribution < -0.4 is 4.72 Å². The van der Waals surface area contributed by atoms with Gasteiger partial charge in [-0.2, -0.15) is 0 Å². The first-order valence-electron chi connectivity index (χ1n) is 7.15. The molecule has 0 atom stereocenters. The first-order valence-corrected chi connectivity index (χ1v) is 8.80. The Morgan fingerprint density at radius 3 is 2.26 bits per heavy atom. The van der Waals surface area contributed by atoms with E-state index in [0.717, 1.165) is 24.8 Å². The van der Waals surface area contributed by atoms with Crippen LogP contribution in [0, 0.1) is 0 Å². The summed E-state index contributed by atoms with van der Waals surface area (Å²) in [7, 11) is -3.12. The van der Waals surface area contributed by atoms with Crippen molar-refractivity contribution in [3.63, 3.8) is 0 Å². The number of benzene rings is 1. The molecule has 0 radical (unpaired) electrons. The molecule has 1 N–H and O–H groups in total. The van der Waals surface area contributed by atoms with Crippen LogP contribution in [0.4, 0.5) is 0 Å². The van der Waals surface area contributed by atoms with Crippen LogP contribution >= 0.6 is 0 Å². The van der Waals surface area contributed by atoms with Crippen molar-refractivity contribution < 1.29 is 8.42 Å². The Morgan fingerprint density at radius 1 is 0.947 bits per heavy atom. The average molecular weight is 283 g/mol. The van der Waals surface area contributed by atoms with Crippen LogP contribution in [0.5, 0.6) is 0 Å². The molecule has 0 bridgehead atoms. The largest absolute Gasteiger partial charge is 0.212 e. The van der Waals surface area contributed by atoms with Crippen molar-refractivity contribution in [2.75, 3.05) is 5.75 Å². The van der Waals surface area contributed by atoms with Gasteiger partial charge in [-0.1, -0.05) is 69.4 Å². The first-order chi connectivity index (χ1) is 9.14. The minimum absolute atomic E-state index is 0.242. The first kappa shape index (κ1) is 16.2. The lowest BCUT2D eigenvalue weighted by Gasteiger charge is -2.06. The highest BCUT2D eigenvalue weighted by molar-refractivity contribution is 7.89. The van der Waals surface area contributed by atoms with E-state index in [9.17, 15) is 8.42 Å². The molecule has 0 saturated carbocycles. The molecule has 1 aromatic rings. The molecule has 0 heterocycles. The van der Waals surface area contributed by atoms with E-state index in [1.807, 2.05) is 30.3 Å². The molecule has 4 heteroatoms. The van der Waals surface area contributed by atoms with Gasteiger partial charge >= 0.3 is 0 Å². The molecule has 0 saturated heterocycles. The highest BCUT2D eigenvalue weighted by Crippen LogP contribution is 2.06. The number of hydrogen-bond acceptors (Lipinski definition) is 2. The van der Waals surface area contributed by atoms with Gasteiger partial charge in [0.05, 0.1) is 5.75 Å². The topological polar surface area (TPSA) is 46.2 Å². The molecule has 0 unspecified atom stereocenters. The second-order valence-corrected chi connectivity index (χ2v) is 6.82. The van der Waals surface area contributed by atoms with Crippen molar-refractivity contribution in [2.45, 2.75) is 52.0 Å². The zero-order chi connectivity index (χ0) is 14.0. The van der Waals surface area contributed by atoms with Crippen molar-refractivity contribution in [3.05, 3.63) is 35.9 Å². The second kappa shape index (κ2) is 9.10. The quantitative estimate of drug-likeness (QED) is 0.668. The molecule has 0 aliphatic rings. The Balaban J connectivity index is 2.17. The third kappa shape index (κ3) is 8.01. The fourth-order valence-electron chi connectivity index (χ4n) is 1.93. The Bertz CT molecular complexity index is 429. The van der Waals surface area contributed by atoms with Crippen LogP contribution in [-0.2, 0) is 16.6 Å². The summed E-state index contributed by atoms with van der Waals surface area (Å²) in [6.45, 7) is 2.57. The zero-order valence-corrected chi connectivity index (χ0v) is 12.6. The minimum Gasteiger partial charge on any atom is -0.212 e. The number of sulfonamides is 1. The van der Waals surface area contributed by atoms with Crippen LogP contribution in [0.15, 0.2) is 30.3 Å². The van der Waals surface area contributed by atoms with Crippen molar-refractivity contribution in [1.29, 1.82) is 0 Å². The average Bonchev–Trinajstić information content (AvgIpc) is 2.42. The lowest BCUT2D eigenvalue weighted by atomic mass is 10.1. The van der Waals surface area contributed by atoms with Gasteiger partial charge in [0.1, 0.15) is 0 Å². The summed E-state index contributed by atoms with van der Waals surface area (Å²) >= 11 is 0. The summed E-state index contributed by atoms with van der Waals surface area (Å²) in [4.78, 5) is 0. The summed E-state index contributed by atoms with van der Waals surface area (Å²) in [5, 5.41) is 0. The lowest BCUT2D eigenvalue weighted by molar-refractivity contribution is 0.571.